The molecule has 3 aliphatic heterocycles. The van der Waals surface area contributed by atoms with Gasteiger partial charge in [-0.15, -0.1) is 0 Å². The van der Waals surface area contributed by atoms with Crippen LogP contribution < -0.4 is 9.47 Å². The van der Waals surface area contributed by atoms with Crippen LogP contribution >= 0.6 is 0 Å². The zero-order valence-corrected chi connectivity index (χ0v) is 13.0. The summed E-state index contributed by atoms with van der Waals surface area (Å²) in [6, 6.07) is 5.30. The zero-order valence-electron chi connectivity index (χ0n) is 13.0. The number of carbonyl (C=O) groups is 1. The normalized spacial score (nSPS) is 25.6. The van der Waals surface area contributed by atoms with Crippen molar-refractivity contribution in [3.63, 3.8) is 0 Å². The number of likely N-dealkylation sites (tertiary alicyclic amines) is 1. The summed E-state index contributed by atoms with van der Waals surface area (Å²) in [7, 11) is 0. The van der Waals surface area contributed by atoms with Gasteiger partial charge in [0.2, 0.25) is 6.79 Å². The van der Waals surface area contributed by atoms with Crippen molar-refractivity contribution in [1.29, 1.82) is 0 Å². The fourth-order valence-corrected chi connectivity index (χ4v) is 3.68. The van der Waals surface area contributed by atoms with E-state index >= 15 is 0 Å². The van der Waals surface area contributed by atoms with Crippen molar-refractivity contribution in [1.82, 2.24) is 4.90 Å². The third-order valence-electron chi connectivity index (χ3n) is 5.05. The Labute approximate surface area is 134 Å². The zero-order chi connectivity index (χ0) is 15.9. The average Bonchev–Trinajstić information content (AvgIpc) is 3.02. The Morgan fingerprint density at radius 1 is 1.22 bits per heavy atom. The highest BCUT2D eigenvalue weighted by Crippen LogP contribution is 2.36. The van der Waals surface area contributed by atoms with Gasteiger partial charge in [0.1, 0.15) is 0 Å². The lowest BCUT2D eigenvalue weighted by molar-refractivity contribution is -0.139. The highest BCUT2D eigenvalue weighted by molar-refractivity contribution is 5.95. The summed E-state index contributed by atoms with van der Waals surface area (Å²) in [6.45, 7) is 2.12. The minimum absolute atomic E-state index is 0.00880. The Balaban J connectivity index is 1.43. The molecular weight excluding hydrogens is 298 g/mol. The second-order valence-corrected chi connectivity index (χ2v) is 6.54. The van der Waals surface area contributed by atoms with Crippen LogP contribution in [0.2, 0.25) is 0 Å². The van der Waals surface area contributed by atoms with E-state index in [4.69, 9.17) is 14.2 Å². The molecule has 4 rings (SSSR count). The molecular formula is C17H21NO5. The smallest absolute Gasteiger partial charge is 0.253 e. The van der Waals surface area contributed by atoms with Crippen molar-refractivity contribution in [3.05, 3.63) is 23.8 Å². The summed E-state index contributed by atoms with van der Waals surface area (Å²) >= 11 is 0. The van der Waals surface area contributed by atoms with E-state index in [-0.39, 0.29) is 24.4 Å². The standard InChI is InChI=1S/C17H21NO5/c19-13-3-8-23-17(10-13)4-6-18(7-5-17)16(20)12-1-2-14-15(9-12)22-11-21-14/h1-2,9,13,19H,3-8,10-11H2. The van der Waals surface area contributed by atoms with Gasteiger partial charge in [-0.25, -0.2) is 0 Å². The predicted molar refractivity (Wildman–Crippen MR) is 81.6 cm³/mol. The number of nitrogens with zero attached hydrogens (tertiary/aromatic N) is 1. The molecule has 0 aromatic heterocycles. The molecule has 0 bridgehead atoms. The molecule has 124 valence electrons. The molecule has 1 aromatic rings. The molecule has 2 saturated heterocycles. The number of fused-ring (bicyclic) bond motifs is 1. The number of hydrogen-bond donors (Lipinski definition) is 1. The molecule has 3 heterocycles. The molecule has 0 saturated carbocycles. The molecule has 6 nitrogen and oxygen atoms in total. The summed E-state index contributed by atoms with van der Waals surface area (Å²) in [4.78, 5) is 14.5. The lowest BCUT2D eigenvalue weighted by Gasteiger charge is -2.45. The predicted octanol–water partition coefficient (Wildman–Crippen LogP) is 1.56. The van der Waals surface area contributed by atoms with Crippen LogP contribution in [0.3, 0.4) is 0 Å². The third-order valence-corrected chi connectivity index (χ3v) is 5.05. The second kappa shape index (κ2) is 5.69. The van der Waals surface area contributed by atoms with E-state index in [2.05, 4.69) is 0 Å². The molecule has 0 aliphatic carbocycles. The lowest BCUT2D eigenvalue weighted by atomic mass is 9.83. The van der Waals surface area contributed by atoms with Crippen molar-refractivity contribution in [3.8, 4) is 11.5 Å². The van der Waals surface area contributed by atoms with Crippen molar-refractivity contribution < 1.29 is 24.1 Å². The van der Waals surface area contributed by atoms with Gasteiger partial charge in [0, 0.05) is 31.7 Å². The lowest BCUT2D eigenvalue weighted by Crippen LogP contribution is -2.51. The summed E-state index contributed by atoms with van der Waals surface area (Å²) in [5.74, 6) is 1.32. The molecule has 1 spiro atoms. The van der Waals surface area contributed by atoms with Crippen LogP contribution in [-0.4, -0.2) is 54.1 Å². The monoisotopic (exact) mass is 319 g/mol. The van der Waals surface area contributed by atoms with Gasteiger partial charge >= 0.3 is 0 Å². The summed E-state index contributed by atoms with van der Waals surface area (Å²) in [5, 5.41) is 9.88. The maximum absolute atomic E-state index is 12.7. The molecule has 1 aromatic carbocycles. The SMILES string of the molecule is O=C(c1ccc2c(c1)OCO2)N1CCC2(CC1)CC(O)CCO2. The highest BCUT2D eigenvalue weighted by atomic mass is 16.7. The van der Waals surface area contributed by atoms with Crippen LogP contribution in [0.1, 0.15) is 36.0 Å². The molecule has 1 N–H and O–H groups in total. The van der Waals surface area contributed by atoms with Crippen molar-refractivity contribution in [2.75, 3.05) is 26.5 Å². The first kappa shape index (κ1) is 14.8. The van der Waals surface area contributed by atoms with Crippen LogP contribution in [0, 0.1) is 0 Å². The van der Waals surface area contributed by atoms with E-state index in [9.17, 15) is 9.90 Å². The van der Waals surface area contributed by atoms with Crippen molar-refractivity contribution in [2.24, 2.45) is 0 Å². The number of ether oxygens (including phenoxy) is 3. The number of hydrogen-bond acceptors (Lipinski definition) is 5. The first-order valence-electron chi connectivity index (χ1n) is 8.16. The summed E-state index contributed by atoms with van der Waals surface area (Å²) < 4.78 is 16.6. The van der Waals surface area contributed by atoms with Gasteiger partial charge in [0.15, 0.2) is 11.5 Å². The van der Waals surface area contributed by atoms with Gasteiger partial charge in [0.25, 0.3) is 5.91 Å². The minimum atomic E-state index is -0.278. The number of rotatable bonds is 1. The van der Waals surface area contributed by atoms with Gasteiger partial charge in [-0.05, 0) is 37.5 Å². The molecule has 1 unspecified atom stereocenters. The number of aliphatic hydroxyl groups is 1. The number of carbonyl (C=O) groups excluding carboxylic acids is 1. The molecule has 3 aliphatic rings. The van der Waals surface area contributed by atoms with E-state index in [0.29, 0.717) is 49.6 Å². The maximum Gasteiger partial charge on any atom is 0.253 e. The van der Waals surface area contributed by atoms with E-state index in [1.54, 1.807) is 18.2 Å². The summed E-state index contributed by atoms with van der Waals surface area (Å²) in [6.07, 6.45) is 2.67. The fraction of sp³-hybridized carbons (Fsp3) is 0.588. The Bertz CT molecular complexity index is 609. The summed E-state index contributed by atoms with van der Waals surface area (Å²) in [5.41, 5.74) is 0.373. The van der Waals surface area contributed by atoms with E-state index in [0.717, 1.165) is 12.8 Å². The van der Waals surface area contributed by atoms with Crippen LogP contribution in [0.5, 0.6) is 11.5 Å². The molecule has 2 fully saturated rings. The van der Waals surface area contributed by atoms with Crippen LogP contribution in [0.25, 0.3) is 0 Å². The Morgan fingerprint density at radius 2 is 2.00 bits per heavy atom. The quantitative estimate of drug-likeness (QED) is 0.851. The fourth-order valence-electron chi connectivity index (χ4n) is 3.68. The van der Waals surface area contributed by atoms with E-state index in [1.807, 2.05) is 4.90 Å². The molecule has 23 heavy (non-hydrogen) atoms. The number of benzene rings is 1. The Hall–Kier alpha value is -1.79. The Morgan fingerprint density at radius 3 is 2.78 bits per heavy atom. The maximum atomic E-state index is 12.7. The second-order valence-electron chi connectivity index (χ2n) is 6.54. The van der Waals surface area contributed by atoms with Gasteiger partial charge in [-0.1, -0.05) is 0 Å². The first-order valence-corrected chi connectivity index (χ1v) is 8.16. The average molecular weight is 319 g/mol. The topological polar surface area (TPSA) is 68.2 Å². The van der Waals surface area contributed by atoms with Crippen molar-refractivity contribution >= 4 is 5.91 Å². The molecule has 0 radical (unpaired) electrons. The third kappa shape index (κ3) is 2.77. The highest BCUT2D eigenvalue weighted by Gasteiger charge is 2.40. The van der Waals surface area contributed by atoms with Crippen LogP contribution in [0.15, 0.2) is 18.2 Å². The minimum Gasteiger partial charge on any atom is -0.454 e. The molecule has 1 amide bonds. The number of piperidine rings is 1. The number of amides is 1. The molecule has 1 atom stereocenters. The first-order chi connectivity index (χ1) is 11.2. The largest absolute Gasteiger partial charge is 0.454 e. The van der Waals surface area contributed by atoms with E-state index < -0.39 is 0 Å². The van der Waals surface area contributed by atoms with Gasteiger partial charge in [0.05, 0.1) is 11.7 Å². The van der Waals surface area contributed by atoms with Crippen molar-refractivity contribution in [2.45, 2.75) is 37.4 Å². The van der Waals surface area contributed by atoms with E-state index in [1.165, 1.54) is 0 Å². The molecule has 6 heteroatoms. The van der Waals surface area contributed by atoms with Gasteiger partial charge in [-0.3, -0.25) is 4.79 Å². The Kier molecular flexibility index (Phi) is 3.66. The van der Waals surface area contributed by atoms with Gasteiger partial charge < -0.3 is 24.2 Å². The van der Waals surface area contributed by atoms with Crippen LogP contribution in [0.4, 0.5) is 0 Å². The van der Waals surface area contributed by atoms with Crippen LogP contribution in [-0.2, 0) is 4.74 Å². The van der Waals surface area contributed by atoms with Gasteiger partial charge in [-0.2, -0.15) is 0 Å². The number of aliphatic hydroxyl groups excluding tert-OH is 1.